The SMILES string of the molecule is Cn1nc(CCc2ccco2)nc1C1CCNCC1. The highest BCUT2D eigenvalue weighted by Gasteiger charge is 2.20. The second-order valence-corrected chi connectivity index (χ2v) is 5.11. The Hall–Kier alpha value is -1.62. The van der Waals surface area contributed by atoms with Crippen molar-refractivity contribution in [1.29, 1.82) is 0 Å². The molecule has 5 nitrogen and oxygen atoms in total. The van der Waals surface area contributed by atoms with Crippen molar-refractivity contribution in [3.8, 4) is 0 Å². The molecule has 0 bridgehead atoms. The van der Waals surface area contributed by atoms with Gasteiger partial charge in [-0.3, -0.25) is 4.68 Å². The second-order valence-electron chi connectivity index (χ2n) is 5.11. The van der Waals surface area contributed by atoms with Crippen molar-refractivity contribution in [3.63, 3.8) is 0 Å². The maximum absolute atomic E-state index is 5.34. The van der Waals surface area contributed by atoms with Gasteiger partial charge in [0, 0.05) is 25.8 Å². The summed E-state index contributed by atoms with van der Waals surface area (Å²) in [6.45, 7) is 2.17. The van der Waals surface area contributed by atoms with Crippen molar-refractivity contribution in [3.05, 3.63) is 35.8 Å². The zero-order valence-corrected chi connectivity index (χ0v) is 11.3. The molecule has 0 aliphatic carbocycles. The van der Waals surface area contributed by atoms with Gasteiger partial charge in [0.2, 0.25) is 0 Å². The molecule has 0 radical (unpaired) electrons. The Labute approximate surface area is 113 Å². The largest absolute Gasteiger partial charge is 0.469 e. The standard InChI is InChI=1S/C14H20N4O/c1-18-14(11-6-8-15-9-7-11)16-13(17-18)5-4-12-3-2-10-19-12/h2-3,10-11,15H,4-9H2,1H3. The molecule has 0 spiro atoms. The number of nitrogens with zero attached hydrogens (tertiary/aromatic N) is 3. The summed E-state index contributed by atoms with van der Waals surface area (Å²) in [5, 5.41) is 7.91. The van der Waals surface area contributed by atoms with Gasteiger partial charge < -0.3 is 9.73 Å². The lowest BCUT2D eigenvalue weighted by Gasteiger charge is -2.21. The normalized spacial score (nSPS) is 16.9. The Morgan fingerprint density at radius 1 is 1.37 bits per heavy atom. The van der Waals surface area contributed by atoms with E-state index in [1.54, 1.807) is 6.26 Å². The van der Waals surface area contributed by atoms with Crippen LogP contribution in [0, 0.1) is 0 Å². The molecule has 19 heavy (non-hydrogen) atoms. The first kappa shape index (κ1) is 12.4. The highest BCUT2D eigenvalue weighted by atomic mass is 16.3. The summed E-state index contributed by atoms with van der Waals surface area (Å²) >= 11 is 0. The van der Waals surface area contributed by atoms with Crippen molar-refractivity contribution < 1.29 is 4.42 Å². The molecule has 0 atom stereocenters. The molecule has 3 rings (SSSR count). The van der Waals surface area contributed by atoms with E-state index in [9.17, 15) is 0 Å². The predicted molar refractivity (Wildman–Crippen MR) is 72.0 cm³/mol. The van der Waals surface area contributed by atoms with E-state index >= 15 is 0 Å². The molecule has 1 saturated heterocycles. The Bertz CT molecular complexity index is 512. The van der Waals surface area contributed by atoms with Gasteiger partial charge in [-0.2, -0.15) is 5.10 Å². The average molecular weight is 260 g/mol. The van der Waals surface area contributed by atoms with E-state index < -0.39 is 0 Å². The molecule has 0 saturated carbocycles. The molecule has 0 aromatic carbocycles. The molecule has 3 heterocycles. The van der Waals surface area contributed by atoms with Crippen LogP contribution in [0.4, 0.5) is 0 Å². The van der Waals surface area contributed by atoms with E-state index in [0.717, 1.165) is 56.2 Å². The minimum atomic E-state index is 0.552. The Morgan fingerprint density at radius 2 is 2.21 bits per heavy atom. The molecule has 2 aromatic heterocycles. The number of aryl methyl sites for hydroxylation is 3. The Balaban J connectivity index is 1.66. The maximum atomic E-state index is 5.34. The van der Waals surface area contributed by atoms with Gasteiger partial charge in [-0.25, -0.2) is 4.98 Å². The molecule has 0 amide bonds. The van der Waals surface area contributed by atoms with Crippen LogP contribution in [0.25, 0.3) is 0 Å². The van der Waals surface area contributed by atoms with Crippen molar-refractivity contribution in [2.75, 3.05) is 13.1 Å². The van der Waals surface area contributed by atoms with E-state index in [1.165, 1.54) is 0 Å². The van der Waals surface area contributed by atoms with Crippen molar-refractivity contribution in [1.82, 2.24) is 20.1 Å². The van der Waals surface area contributed by atoms with Gasteiger partial charge in [0.05, 0.1) is 6.26 Å². The second kappa shape index (κ2) is 5.57. The number of furan rings is 1. The molecule has 1 aliphatic rings. The van der Waals surface area contributed by atoms with Crippen molar-refractivity contribution in [2.45, 2.75) is 31.6 Å². The summed E-state index contributed by atoms with van der Waals surface area (Å²) in [4.78, 5) is 4.72. The molecular formula is C14H20N4O. The summed E-state index contributed by atoms with van der Waals surface area (Å²) in [7, 11) is 2.00. The summed E-state index contributed by atoms with van der Waals surface area (Å²) in [5.41, 5.74) is 0. The summed E-state index contributed by atoms with van der Waals surface area (Å²) in [6.07, 6.45) is 5.73. The molecular weight excluding hydrogens is 240 g/mol. The molecule has 1 fully saturated rings. The lowest BCUT2D eigenvalue weighted by Crippen LogP contribution is -2.28. The van der Waals surface area contributed by atoms with Crippen LogP contribution in [0.5, 0.6) is 0 Å². The van der Waals surface area contributed by atoms with Gasteiger partial charge in [-0.15, -0.1) is 0 Å². The molecule has 5 heteroatoms. The van der Waals surface area contributed by atoms with Gasteiger partial charge in [0.25, 0.3) is 0 Å². The first-order chi connectivity index (χ1) is 9.33. The highest BCUT2D eigenvalue weighted by Crippen LogP contribution is 2.23. The summed E-state index contributed by atoms with van der Waals surface area (Å²) < 4.78 is 7.29. The van der Waals surface area contributed by atoms with Crippen LogP contribution in [0.15, 0.2) is 22.8 Å². The topological polar surface area (TPSA) is 55.9 Å². The monoisotopic (exact) mass is 260 g/mol. The van der Waals surface area contributed by atoms with Gasteiger partial charge in [0.1, 0.15) is 11.6 Å². The fourth-order valence-electron chi connectivity index (χ4n) is 2.68. The number of rotatable bonds is 4. The van der Waals surface area contributed by atoms with E-state index in [4.69, 9.17) is 9.40 Å². The fraction of sp³-hybridized carbons (Fsp3) is 0.571. The summed E-state index contributed by atoms with van der Waals surface area (Å²) in [6, 6.07) is 3.91. The smallest absolute Gasteiger partial charge is 0.151 e. The molecule has 2 aromatic rings. The van der Waals surface area contributed by atoms with Crippen LogP contribution in [0.2, 0.25) is 0 Å². The Kier molecular flexibility index (Phi) is 3.64. The fourth-order valence-corrected chi connectivity index (χ4v) is 2.68. The van der Waals surface area contributed by atoms with Crippen LogP contribution >= 0.6 is 0 Å². The zero-order valence-electron chi connectivity index (χ0n) is 11.3. The van der Waals surface area contributed by atoms with Crippen LogP contribution in [0.3, 0.4) is 0 Å². The minimum Gasteiger partial charge on any atom is -0.469 e. The highest BCUT2D eigenvalue weighted by molar-refractivity contribution is 5.04. The third kappa shape index (κ3) is 2.87. The van der Waals surface area contributed by atoms with Crippen molar-refractivity contribution >= 4 is 0 Å². The number of piperidine rings is 1. The van der Waals surface area contributed by atoms with Crippen LogP contribution < -0.4 is 5.32 Å². The number of hydrogen-bond acceptors (Lipinski definition) is 4. The molecule has 1 N–H and O–H groups in total. The van der Waals surface area contributed by atoms with Gasteiger partial charge in [-0.1, -0.05) is 0 Å². The van der Waals surface area contributed by atoms with Gasteiger partial charge in [-0.05, 0) is 38.1 Å². The van der Waals surface area contributed by atoms with Crippen LogP contribution in [0.1, 0.15) is 36.2 Å². The third-order valence-corrected chi connectivity index (χ3v) is 3.72. The molecule has 102 valence electrons. The van der Waals surface area contributed by atoms with E-state index in [1.807, 2.05) is 23.9 Å². The lowest BCUT2D eigenvalue weighted by molar-refractivity contribution is 0.432. The average Bonchev–Trinajstić information content (AvgIpc) is 3.07. The zero-order chi connectivity index (χ0) is 13.1. The summed E-state index contributed by atoms with van der Waals surface area (Å²) in [5.74, 6) is 3.61. The molecule has 0 unspecified atom stereocenters. The first-order valence-corrected chi connectivity index (χ1v) is 6.96. The first-order valence-electron chi connectivity index (χ1n) is 6.96. The minimum absolute atomic E-state index is 0.552. The van der Waals surface area contributed by atoms with E-state index in [0.29, 0.717) is 5.92 Å². The molecule has 1 aliphatic heterocycles. The van der Waals surface area contributed by atoms with E-state index in [-0.39, 0.29) is 0 Å². The van der Waals surface area contributed by atoms with Crippen LogP contribution in [-0.2, 0) is 19.9 Å². The predicted octanol–water partition coefficient (Wildman–Crippen LogP) is 1.66. The van der Waals surface area contributed by atoms with Gasteiger partial charge >= 0.3 is 0 Å². The number of nitrogens with one attached hydrogen (secondary N) is 1. The quantitative estimate of drug-likeness (QED) is 0.908. The maximum Gasteiger partial charge on any atom is 0.151 e. The number of aromatic nitrogens is 3. The third-order valence-electron chi connectivity index (χ3n) is 3.72. The van der Waals surface area contributed by atoms with E-state index in [2.05, 4.69) is 10.4 Å². The Morgan fingerprint density at radius 3 is 2.95 bits per heavy atom. The number of hydrogen-bond donors (Lipinski definition) is 1. The van der Waals surface area contributed by atoms with Crippen LogP contribution in [-0.4, -0.2) is 27.9 Å². The lowest BCUT2D eigenvalue weighted by atomic mass is 9.97. The van der Waals surface area contributed by atoms with Crippen molar-refractivity contribution in [2.24, 2.45) is 7.05 Å². The van der Waals surface area contributed by atoms with Gasteiger partial charge in [0.15, 0.2) is 5.82 Å².